The first-order valence-corrected chi connectivity index (χ1v) is 9.35. The molecule has 1 fully saturated rings. The van der Waals surface area contributed by atoms with Crippen molar-refractivity contribution in [2.45, 2.75) is 32.4 Å². The summed E-state index contributed by atoms with van der Waals surface area (Å²) in [7, 11) is 0. The van der Waals surface area contributed by atoms with Crippen LogP contribution in [0.4, 0.5) is 0 Å². The van der Waals surface area contributed by atoms with E-state index in [4.69, 9.17) is 11.6 Å². The maximum absolute atomic E-state index is 12.5. The van der Waals surface area contributed by atoms with Crippen LogP contribution in [0.2, 0.25) is 4.34 Å². The zero-order valence-electron chi connectivity index (χ0n) is 13.3. The Bertz CT molecular complexity index is 676. The predicted octanol–water partition coefficient (Wildman–Crippen LogP) is 4.12. The standard InChI is InChI=1S/C15H18ClN3OS2.2ClH/c1-9-10(2)19(6-5-17-9)14(20)7-11-8-21-15(18-11)12-3-4-13(16)22-12;;/h3-4,8-10,17H,5-7H2,1-2H3;2*1H. The number of carbonyl (C=O) groups is 1. The van der Waals surface area contributed by atoms with Gasteiger partial charge in [0.2, 0.25) is 5.91 Å². The minimum Gasteiger partial charge on any atom is -0.337 e. The average molecular weight is 429 g/mol. The second-order valence-corrected chi connectivity index (χ2v) is 8.07. The molecule has 3 heterocycles. The van der Waals surface area contributed by atoms with Crippen molar-refractivity contribution in [1.29, 1.82) is 0 Å². The van der Waals surface area contributed by atoms with Gasteiger partial charge in [-0.1, -0.05) is 11.6 Å². The van der Waals surface area contributed by atoms with Crippen molar-refractivity contribution in [1.82, 2.24) is 15.2 Å². The molecule has 1 aliphatic rings. The summed E-state index contributed by atoms with van der Waals surface area (Å²) < 4.78 is 0.756. The summed E-state index contributed by atoms with van der Waals surface area (Å²) in [5.41, 5.74) is 0.841. The maximum Gasteiger partial charge on any atom is 0.228 e. The molecule has 2 aromatic rings. The molecule has 4 nitrogen and oxygen atoms in total. The monoisotopic (exact) mass is 427 g/mol. The third-order valence-electron chi connectivity index (χ3n) is 4.02. The summed E-state index contributed by atoms with van der Waals surface area (Å²) >= 11 is 9.04. The van der Waals surface area contributed by atoms with Gasteiger partial charge in [0, 0.05) is 30.6 Å². The zero-order chi connectivity index (χ0) is 15.7. The number of amides is 1. The summed E-state index contributed by atoms with van der Waals surface area (Å²) in [6.07, 6.45) is 0.368. The van der Waals surface area contributed by atoms with E-state index in [1.54, 1.807) is 11.3 Å². The number of thiophene rings is 1. The number of carbonyl (C=O) groups excluding carboxylic acids is 1. The second kappa shape index (κ2) is 9.36. The maximum atomic E-state index is 12.5. The van der Waals surface area contributed by atoms with E-state index in [9.17, 15) is 4.79 Å². The van der Waals surface area contributed by atoms with Crippen LogP contribution in [0, 0.1) is 0 Å². The number of nitrogens with zero attached hydrogens (tertiary/aromatic N) is 2. The van der Waals surface area contributed by atoms with Gasteiger partial charge in [-0.25, -0.2) is 4.98 Å². The summed E-state index contributed by atoms with van der Waals surface area (Å²) in [6, 6.07) is 4.39. The van der Waals surface area contributed by atoms with Crippen molar-refractivity contribution < 1.29 is 4.79 Å². The van der Waals surface area contributed by atoms with E-state index >= 15 is 0 Å². The molecule has 24 heavy (non-hydrogen) atoms. The minimum atomic E-state index is 0. The number of nitrogens with one attached hydrogen (secondary N) is 1. The lowest BCUT2D eigenvalue weighted by Crippen LogP contribution is -2.57. The van der Waals surface area contributed by atoms with E-state index in [0.29, 0.717) is 12.5 Å². The van der Waals surface area contributed by atoms with Crippen molar-refractivity contribution in [3.63, 3.8) is 0 Å². The lowest BCUT2D eigenvalue weighted by Gasteiger charge is -2.38. The van der Waals surface area contributed by atoms with E-state index in [0.717, 1.165) is 33.0 Å². The Kier molecular flexibility index (Phi) is 8.45. The van der Waals surface area contributed by atoms with Gasteiger partial charge in [-0.05, 0) is 26.0 Å². The van der Waals surface area contributed by atoms with Gasteiger partial charge in [-0.3, -0.25) is 4.79 Å². The van der Waals surface area contributed by atoms with Gasteiger partial charge < -0.3 is 10.2 Å². The first kappa shape index (κ1) is 21.7. The van der Waals surface area contributed by atoms with Crippen LogP contribution in [0.3, 0.4) is 0 Å². The van der Waals surface area contributed by atoms with Crippen molar-refractivity contribution >= 4 is 65.0 Å². The van der Waals surface area contributed by atoms with Crippen molar-refractivity contribution in [2.75, 3.05) is 13.1 Å². The smallest absolute Gasteiger partial charge is 0.228 e. The van der Waals surface area contributed by atoms with Crippen LogP contribution < -0.4 is 5.32 Å². The summed E-state index contributed by atoms with van der Waals surface area (Å²) in [5.74, 6) is 0.155. The number of halogens is 3. The quantitative estimate of drug-likeness (QED) is 0.800. The van der Waals surface area contributed by atoms with Gasteiger partial charge in [-0.2, -0.15) is 0 Å². The van der Waals surface area contributed by atoms with Crippen LogP contribution in [-0.2, 0) is 11.2 Å². The molecule has 0 spiro atoms. The zero-order valence-corrected chi connectivity index (χ0v) is 17.3. The van der Waals surface area contributed by atoms with Gasteiger partial charge >= 0.3 is 0 Å². The van der Waals surface area contributed by atoms with Gasteiger partial charge in [0.05, 0.1) is 21.3 Å². The van der Waals surface area contributed by atoms with Crippen molar-refractivity contribution in [3.8, 4) is 9.88 Å². The lowest BCUT2D eigenvalue weighted by atomic mass is 10.1. The van der Waals surface area contributed by atoms with Gasteiger partial charge in [0.1, 0.15) is 5.01 Å². The highest BCUT2D eigenvalue weighted by Crippen LogP contribution is 2.33. The van der Waals surface area contributed by atoms with E-state index in [-0.39, 0.29) is 36.8 Å². The third-order valence-corrected chi connectivity index (χ3v) is 6.31. The Labute approximate surface area is 167 Å². The van der Waals surface area contributed by atoms with Crippen molar-refractivity contribution in [2.24, 2.45) is 0 Å². The number of aromatic nitrogens is 1. The highest BCUT2D eigenvalue weighted by Gasteiger charge is 2.28. The molecule has 134 valence electrons. The number of rotatable bonds is 3. The van der Waals surface area contributed by atoms with Crippen LogP contribution in [-0.4, -0.2) is 41.0 Å². The fourth-order valence-electron chi connectivity index (χ4n) is 2.60. The van der Waals surface area contributed by atoms with Crippen molar-refractivity contribution in [3.05, 3.63) is 27.5 Å². The number of hydrogen-bond acceptors (Lipinski definition) is 5. The Hall–Kier alpha value is -0.370. The molecular weight excluding hydrogens is 409 g/mol. The van der Waals surface area contributed by atoms with Gasteiger partial charge in [0.15, 0.2) is 0 Å². The topological polar surface area (TPSA) is 45.2 Å². The molecule has 1 saturated heterocycles. The molecule has 1 aliphatic heterocycles. The Morgan fingerprint density at radius 1 is 1.42 bits per heavy atom. The summed E-state index contributed by atoms with van der Waals surface area (Å²) in [4.78, 5) is 20.1. The second-order valence-electron chi connectivity index (χ2n) is 5.50. The SMILES string of the molecule is CC1NCCN(C(=O)Cc2csc(-c3ccc(Cl)s3)n2)C1C.Cl.Cl. The Morgan fingerprint density at radius 3 is 2.83 bits per heavy atom. The first-order chi connectivity index (χ1) is 10.5. The number of thiazole rings is 1. The Balaban J connectivity index is 0.00000144. The molecule has 0 bridgehead atoms. The molecule has 0 aliphatic carbocycles. The van der Waals surface area contributed by atoms with E-state index in [2.05, 4.69) is 24.1 Å². The molecule has 9 heteroatoms. The van der Waals surface area contributed by atoms with Crippen LogP contribution in [0.1, 0.15) is 19.5 Å². The minimum absolute atomic E-state index is 0. The fourth-order valence-corrected chi connectivity index (χ4v) is 4.53. The van der Waals surface area contributed by atoms with Gasteiger partial charge in [0.25, 0.3) is 0 Å². The van der Waals surface area contributed by atoms with E-state index < -0.39 is 0 Å². The summed E-state index contributed by atoms with van der Waals surface area (Å²) in [5, 5.41) is 6.29. The van der Waals surface area contributed by atoms with Crippen LogP contribution in [0.25, 0.3) is 9.88 Å². The molecule has 2 unspecified atom stereocenters. The molecule has 2 aromatic heterocycles. The normalized spacial score (nSPS) is 20.2. The molecule has 0 radical (unpaired) electrons. The van der Waals surface area contributed by atoms with Crippen LogP contribution in [0.5, 0.6) is 0 Å². The molecule has 2 atom stereocenters. The molecule has 1 amide bonds. The third kappa shape index (κ3) is 4.84. The first-order valence-electron chi connectivity index (χ1n) is 7.27. The van der Waals surface area contributed by atoms with Crippen LogP contribution >= 0.6 is 59.1 Å². The average Bonchev–Trinajstić information content (AvgIpc) is 3.10. The lowest BCUT2D eigenvalue weighted by molar-refractivity contribution is -0.134. The predicted molar refractivity (Wildman–Crippen MR) is 107 cm³/mol. The number of piperazine rings is 1. The Morgan fingerprint density at radius 2 is 2.17 bits per heavy atom. The van der Waals surface area contributed by atoms with Gasteiger partial charge in [-0.15, -0.1) is 47.5 Å². The summed E-state index contributed by atoms with van der Waals surface area (Å²) in [6.45, 7) is 5.83. The molecule has 3 rings (SSSR count). The number of hydrogen-bond donors (Lipinski definition) is 1. The van der Waals surface area contributed by atoms with Crippen LogP contribution in [0.15, 0.2) is 17.5 Å². The largest absolute Gasteiger partial charge is 0.337 e. The van der Waals surface area contributed by atoms with E-state index in [1.807, 2.05) is 22.4 Å². The fraction of sp³-hybridized carbons (Fsp3) is 0.467. The highest BCUT2D eigenvalue weighted by atomic mass is 35.5. The molecular formula is C15H20Cl3N3OS2. The molecule has 0 saturated carbocycles. The van der Waals surface area contributed by atoms with E-state index in [1.165, 1.54) is 11.3 Å². The highest BCUT2D eigenvalue weighted by molar-refractivity contribution is 7.23. The molecule has 1 N–H and O–H groups in total. The molecule has 0 aromatic carbocycles.